The summed E-state index contributed by atoms with van der Waals surface area (Å²) in [6.45, 7) is 10.3. The molecule has 0 aromatic carbocycles. The second kappa shape index (κ2) is 7.30. The third-order valence-electron chi connectivity index (χ3n) is 1.97. The predicted molar refractivity (Wildman–Crippen MR) is 55.3 cm³/mol. The van der Waals surface area contributed by atoms with E-state index in [1.807, 2.05) is 20.8 Å². The first-order chi connectivity index (χ1) is 6.29. The molecule has 0 saturated carbocycles. The molecule has 6 heteroatoms. The van der Waals surface area contributed by atoms with Crippen molar-refractivity contribution in [1.29, 1.82) is 0 Å². The zero-order valence-corrected chi connectivity index (χ0v) is 12.6. The second-order valence-corrected chi connectivity index (χ2v) is 4.81. The summed E-state index contributed by atoms with van der Waals surface area (Å²) in [6, 6.07) is 0. The van der Waals surface area contributed by atoms with Crippen LogP contribution < -0.4 is 29.6 Å². The van der Waals surface area contributed by atoms with Gasteiger partial charge in [-0.3, -0.25) is 0 Å². The van der Waals surface area contributed by atoms with Crippen LogP contribution in [0.2, 0.25) is 0 Å². The number of hydrogen-bond acceptors (Lipinski definition) is 3. The Morgan fingerprint density at radius 3 is 2.07 bits per heavy atom. The minimum atomic E-state index is -0.370. The summed E-state index contributed by atoms with van der Waals surface area (Å²) in [5, 5.41) is 25.1. The van der Waals surface area contributed by atoms with Gasteiger partial charge in [0.1, 0.15) is 0 Å². The van der Waals surface area contributed by atoms with Crippen molar-refractivity contribution in [3.63, 3.8) is 0 Å². The molecule has 0 aromatic heterocycles. The van der Waals surface area contributed by atoms with Crippen LogP contribution in [0, 0.1) is 16.3 Å². The van der Waals surface area contributed by atoms with Gasteiger partial charge in [-0.15, -0.1) is 5.01 Å². The molecule has 0 aliphatic heterocycles. The molecular weight excluding hydrogens is 205 g/mol. The van der Waals surface area contributed by atoms with Crippen LogP contribution in [0.25, 0.3) is 0 Å². The summed E-state index contributed by atoms with van der Waals surface area (Å²) < 4.78 is 0. The summed E-state index contributed by atoms with van der Waals surface area (Å²) in [5.41, 5.74) is -0.370. The van der Waals surface area contributed by atoms with E-state index in [1.165, 1.54) is 5.01 Å². The quantitative estimate of drug-likeness (QED) is 0.281. The molecule has 0 rings (SSSR count). The van der Waals surface area contributed by atoms with E-state index in [0.29, 0.717) is 12.5 Å². The summed E-state index contributed by atoms with van der Waals surface area (Å²) in [6.07, 6.45) is 0.867. The molecule has 15 heavy (non-hydrogen) atoms. The minimum Gasteiger partial charge on any atom is -0.737 e. The standard InChI is InChI=1S/C9H21N3O2.Na/c1-8(2)6-7-11(9(3,4)5)12(14)10-13;/h8,13H,6-7H2,1-5H3;/q;+1/p-1/b12-10+;. The molecule has 0 aliphatic carbocycles. The summed E-state index contributed by atoms with van der Waals surface area (Å²) in [7, 11) is 0. The van der Waals surface area contributed by atoms with E-state index in [4.69, 9.17) is 0 Å². The largest absolute Gasteiger partial charge is 1.00 e. The number of rotatable bonds is 4. The molecule has 0 spiro atoms. The molecule has 84 valence electrons. The van der Waals surface area contributed by atoms with E-state index in [0.717, 1.165) is 6.42 Å². The fourth-order valence-electron chi connectivity index (χ4n) is 1.10. The van der Waals surface area contributed by atoms with E-state index in [1.54, 1.807) is 0 Å². The summed E-state index contributed by atoms with van der Waals surface area (Å²) in [5.74, 6) is 0.500. The maximum Gasteiger partial charge on any atom is 1.00 e. The van der Waals surface area contributed by atoms with Gasteiger partial charge in [0.2, 0.25) is 0 Å². The zero-order valence-electron chi connectivity index (χ0n) is 10.6. The maximum absolute atomic E-state index is 11.1. The predicted octanol–water partition coefficient (Wildman–Crippen LogP) is -0.488. The van der Waals surface area contributed by atoms with Crippen LogP contribution in [0.15, 0.2) is 5.28 Å². The Bertz CT molecular complexity index is 202. The molecule has 0 amide bonds. The Labute approximate surface area is 114 Å². The van der Waals surface area contributed by atoms with Crippen molar-refractivity contribution in [2.24, 2.45) is 11.2 Å². The van der Waals surface area contributed by atoms with Gasteiger partial charge >= 0.3 is 29.6 Å². The molecule has 5 nitrogen and oxygen atoms in total. The van der Waals surface area contributed by atoms with Crippen molar-refractivity contribution in [2.75, 3.05) is 6.54 Å². The van der Waals surface area contributed by atoms with Gasteiger partial charge in [0.05, 0.1) is 12.1 Å². The first kappa shape index (κ1) is 17.4. The van der Waals surface area contributed by atoms with E-state index >= 15 is 0 Å². The van der Waals surface area contributed by atoms with Crippen molar-refractivity contribution in [1.82, 2.24) is 5.01 Å². The van der Waals surface area contributed by atoms with Crippen molar-refractivity contribution in [3.05, 3.63) is 10.4 Å². The van der Waals surface area contributed by atoms with Gasteiger partial charge in [0.15, 0.2) is 0 Å². The molecule has 0 heterocycles. The van der Waals surface area contributed by atoms with E-state index in [2.05, 4.69) is 19.1 Å². The van der Waals surface area contributed by atoms with Crippen LogP contribution in [0.3, 0.4) is 0 Å². The van der Waals surface area contributed by atoms with Gasteiger partial charge in [-0.2, -0.15) is 0 Å². The Kier molecular flexibility index (Phi) is 8.47. The molecule has 0 saturated heterocycles. The Morgan fingerprint density at radius 1 is 1.33 bits per heavy atom. The average Bonchev–Trinajstić information content (AvgIpc) is 2.01. The smallest absolute Gasteiger partial charge is 0.737 e. The van der Waals surface area contributed by atoms with E-state index in [-0.39, 0.29) is 40.1 Å². The molecule has 0 unspecified atom stereocenters. The van der Waals surface area contributed by atoms with Crippen LogP contribution in [-0.2, 0) is 0 Å². The molecule has 0 fully saturated rings. The normalized spacial score (nSPS) is 12.5. The topological polar surface area (TPSA) is 64.7 Å². The fourth-order valence-corrected chi connectivity index (χ4v) is 1.10. The molecule has 0 radical (unpaired) electrons. The number of nitrogens with zero attached hydrogens (tertiary/aromatic N) is 3. The molecular formula is C9H20N3NaO2. The van der Waals surface area contributed by atoms with Crippen molar-refractivity contribution < 1.29 is 34.5 Å². The van der Waals surface area contributed by atoms with Gasteiger partial charge in [-0.25, -0.2) is 0 Å². The van der Waals surface area contributed by atoms with Gasteiger partial charge < -0.3 is 10.4 Å². The second-order valence-electron chi connectivity index (χ2n) is 4.81. The van der Waals surface area contributed by atoms with Crippen LogP contribution >= 0.6 is 0 Å². The first-order valence-corrected chi connectivity index (χ1v) is 4.87. The Hall–Kier alpha value is 0. The summed E-state index contributed by atoms with van der Waals surface area (Å²) >= 11 is 0. The maximum atomic E-state index is 11.1. The van der Waals surface area contributed by atoms with Gasteiger partial charge in [-0.1, -0.05) is 13.8 Å². The molecule has 0 aromatic rings. The molecule has 0 aliphatic rings. The van der Waals surface area contributed by atoms with Gasteiger partial charge in [0, 0.05) is 4.97 Å². The van der Waals surface area contributed by atoms with E-state index < -0.39 is 0 Å². The van der Waals surface area contributed by atoms with Crippen molar-refractivity contribution in [2.45, 2.75) is 46.6 Å². The minimum absolute atomic E-state index is 0. The molecule has 0 N–H and O–H groups in total. The van der Waals surface area contributed by atoms with Gasteiger partial charge in [0.25, 0.3) is 0 Å². The molecule has 0 bridgehead atoms. The average molecular weight is 225 g/mol. The number of hydrazine groups is 1. The zero-order chi connectivity index (χ0) is 11.4. The first-order valence-electron chi connectivity index (χ1n) is 4.87. The Balaban J connectivity index is 0. The monoisotopic (exact) mass is 225 g/mol. The fraction of sp³-hybridized carbons (Fsp3) is 1.00. The third-order valence-corrected chi connectivity index (χ3v) is 1.97. The van der Waals surface area contributed by atoms with Crippen LogP contribution in [0.5, 0.6) is 0 Å². The van der Waals surface area contributed by atoms with E-state index in [9.17, 15) is 10.4 Å². The summed E-state index contributed by atoms with van der Waals surface area (Å²) in [4.78, 5) is 0.141. The molecule has 0 atom stereocenters. The SMILES string of the molecule is CC(C)CCN(/[N+]([O-])=N\[O-])C(C)(C)C.[Na+]. The van der Waals surface area contributed by atoms with Crippen LogP contribution in [0.1, 0.15) is 41.0 Å². The van der Waals surface area contributed by atoms with Gasteiger partial charge in [-0.05, 0) is 38.4 Å². The van der Waals surface area contributed by atoms with Crippen molar-refractivity contribution >= 4 is 0 Å². The van der Waals surface area contributed by atoms with Crippen molar-refractivity contribution in [3.8, 4) is 0 Å². The van der Waals surface area contributed by atoms with Crippen LogP contribution in [0.4, 0.5) is 0 Å². The number of hydrogen-bond donors (Lipinski definition) is 0. The van der Waals surface area contributed by atoms with Crippen LogP contribution in [-0.4, -0.2) is 22.1 Å². The Morgan fingerprint density at radius 2 is 1.80 bits per heavy atom. The third kappa shape index (κ3) is 6.98.